The van der Waals surface area contributed by atoms with Crippen LogP contribution in [0, 0.1) is 5.82 Å². The molecule has 0 aliphatic carbocycles. The highest BCUT2D eigenvalue weighted by atomic mass is 32.2. The van der Waals surface area contributed by atoms with Gasteiger partial charge in [0.05, 0.1) is 11.2 Å². The van der Waals surface area contributed by atoms with Gasteiger partial charge in [-0.3, -0.25) is 0 Å². The summed E-state index contributed by atoms with van der Waals surface area (Å²) >= 11 is -2.14. The number of carbonyl (C=O) groups is 2. The van der Waals surface area contributed by atoms with Crippen LogP contribution in [-0.2, 0) is 11.2 Å². The Kier molecular flexibility index (Phi) is 4.23. The molecule has 1 aliphatic heterocycles. The molecule has 0 bridgehead atoms. The molecule has 2 rings (SSSR count). The van der Waals surface area contributed by atoms with Gasteiger partial charge in [-0.1, -0.05) is 19.1 Å². The number of urea groups is 2. The normalized spacial score (nSPS) is 19.9. The summed E-state index contributed by atoms with van der Waals surface area (Å²) in [5.74, 6) is -0.679. The van der Waals surface area contributed by atoms with Crippen molar-refractivity contribution in [2.45, 2.75) is 32.7 Å². The summed E-state index contributed by atoms with van der Waals surface area (Å²) in [6.45, 7) is 5.33. The number of hydrogen-bond acceptors (Lipinski definition) is 3. The molecule has 1 aliphatic rings. The second-order valence-electron chi connectivity index (χ2n) is 5.56. The van der Waals surface area contributed by atoms with Crippen LogP contribution in [0.4, 0.5) is 19.7 Å². The van der Waals surface area contributed by atoms with Crippen molar-refractivity contribution in [3.8, 4) is 0 Å². The maximum Gasteiger partial charge on any atom is 0.345 e. The summed E-state index contributed by atoms with van der Waals surface area (Å²) in [5.41, 5.74) is -0.873. The van der Waals surface area contributed by atoms with Crippen molar-refractivity contribution in [3.05, 3.63) is 30.1 Å². The molecule has 4 amide bonds. The van der Waals surface area contributed by atoms with Crippen LogP contribution in [0.1, 0.15) is 27.2 Å². The second kappa shape index (κ2) is 5.68. The van der Waals surface area contributed by atoms with Crippen LogP contribution in [0.2, 0.25) is 0 Å². The number of amides is 4. The highest BCUT2D eigenvalue weighted by molar-refractivity contribution is 7.85. The fourth-order valence-electron chi connectivity index (χ4n) is 1.99. The van der Waals surface area contributed by atoms with Gasteiger partial charge in [-0.15, -0.1) is 0 Å². The molecular formula is C14H18FN3O3S. The van der Waals surface area contributed by atoms with Gasteiger partial charge in [0.25, 0.3) is 0 Å². The summed E-state index contributed by atoms with van der Waals surface area (Å²) < 4.78 is 28.7. The third-order valence-electron chi connectivity index (χ3n) is 3.72. The number of rotatable bonds is 3. The van der Waals surface area contributed by atoms with Crippen LogP contribution < -0.4 is 4.31 Å². The van der Waals surface area contributed by atoms with E-state index in [2.05, 4.69) is 0 Å². The van der Waals surface area contributed by atoms with Crippen LogP contribution in [0.3, 0.4) is 0 Å². The fourth-order valence-corrected chi connectivity index (χ4v) is 3.53. The van der Waals surface area contributed by atoms with Crippen molar-refractivity contribution in [2.24, 2.45) is 0 Å². The Balaban J connectivity index is 2.56. The summed E-state index contributed by atoms with van der Waals surface area (Å²) in [6, 6.07) is 4.05. The average Bonchev–Trinajstić information content (AvgIpc) is 2.47. The van der Waals surface area contributed by atoms with E-state index in [9.17, 15) is 18.2 Å². The minimum Gasteiger partial charge on any atom is -0.247 e. The van der Waals surface area contributed by atoms with Crippen LogP contribution in [0.15, 0.2) is 24.3 Å². The minimum atomic E-state index is -2.14. The molecule has 0 radical (unpaired) electrons. The number of para-hydroxylation sites is 1. The van der Waals surface area contributed by atoms with Gasteiger partial charge in [-0.05, 0) is 32.4 Å². The van der Waals surface area contributed by atoms with Crippen molar-refractivity contribution in [2.75, 3.05) is 11.4 Å². The summed E-state index contributed by atoms with van der Waals surface area (Å²) in [4.78, 5) is 25.5. The Morgan fingerprint density at radius 2 is 1.77 bits per heavy atom. The average molecular weight is 327 g/mol. The SMILES string of the molecule is CCC(C)(C)N1C(=O)N(C)C(=O)N(c2ccccc2F)S1=O. The van der Waals surface area contributed by atoms with Gasteiger partial charge in [0.15, 0.2) is 0 Å². The summed E-state index contributed by atoms with van der Waals surface area (Å²) in [5, 5.41) is 0. The predicted molar refractivity (Wildman–Crippen MR) is 81.8 cm³/mol. The molecule has 1 atom stereocenters. The van der Waals surface area contributed by atoms with Crippen LogP contribution in [0.25, 0.3) is 0 Å². The van der Waals surface area contributed by atoms with Crippen molar-refractivity contribution in [3.63, 3.8) is 0 Å². The lowest BCUT2D eigenvalue weighted by molar-refractivity contribution is 0.156. The molecular weight excluding hydrogens is 309 g/mol. The van der Waals surface area contributed by atoms with Crippen LogP contribution >= 0.6 is 0 Å². The van der Waals surface area contributed by atoms with E-state index < -0.39 is 34.6 Å². The zero-order valence-electron chi connectivity index (χ0n) is 12.9. The Labute approximate surface area is 131 Å². The fraction of sp³-hybridized carbons (Fsp3) is 0.429. The number of halogens is 1. The maximum absolute atomic E-state index is 14.0. The predicted octanol–water partition coefficient (Wildman–Crippen LogP) is 2.89. The first-order chi connectivity index (χ1) is 10.2. The van der Waals surface area contributed by atoms with E-state index in [-0.39, 0.29) is 5.69 Å². The highest BCUT2D eigenvalue weighted by Crippen LogP contribution is 2.32. The monoisotopic (exact) mass is 327 g/mol. The van der Waals surface area contributed by atoms with Gasteiger partial charge in [-0.2, -0.15) is 4.31 Å². The second-order valence-corrected chi connectivity index (χ2v) is 6.75. The Morgan fingerprint density at radius 3 is 2.32 bits per heavy atom. The van der Waals surface area contributed by atoms with E-state index in [0.717, 1.165) is 13.5 Å². The van der Waals surface area contributed by atoms with Gasteiger partial charge in [-0.25, -0.2) is 27.4 Å². The number of benzene rings is 1. The van der Waals surface area contributed by atoms with Crippen LogP contribution in [-0.4, -0.2) is 38.1 Å². The van der Waals surface area contributed by atoms with Crippen molar-refractivity contribution >= 4 is 28.9 Å². The number of imide groups is 1. The zero-order chi connectivity index (χ0) is 16.7. The van der Waals surface area contributed by atoms with E-state index in [1.807, 2.05) is 6.92 Å². The van der Waals surface area contributed by atoms with Crippen molar-refractivity contribution < 1.29 is 18.2 Å². The van der Waals surface area contributed by atoms with Gasteiger partial charge in [0, 0.05) is 7.05 Å². The molecule has 0 spiro atoms. The minimum absolute atomic E-state index is 0.123. The van der Waals surface area contributed by atoms with Crippen molar-refractivity contribution in [1.82, 2.24) is 9.21 Å². The molecule has 1 aromatic carbocycles. The number of nitrogens with zero attached hydrogens (tertiary/aromatic N) is 3. The lowest BCUT2D eigenvalue weighted by Gasteiger charge is -2.44. The molecule has 1 aromatic rings. The standard InChI is InChI=1S/C14H18FN3O3S/c1-5-14(2,3)18-13(20)16(4)12(19)17(22(18)21)11-9-7-6-8-10(11)15/h6-9H,5H2,1-4H3. The first kappa shape index (κ1) is 16.4. The van der Waals surface area contributed by atoms with E-state index in [1.54, 1.807) is 13.8 Å². The van der Waals surface area contributed by atoms with Gasteiger partial charge < -0.3 is 0 Å². The van der Waals surface area contributed by atoms with E-state index in [0.29, 0.717) is 6.42 Å². The van der Waals surface area contributed by atoms with Gasteiger partial charge in [0.1, 0.15) is 5.82 Å². The highest BCUT2D eigenvalue weighted by Gasteiger charge is 2.48. The van der Waals surface area contributed by atoms with Crippen molar-refractivity contribution in [1.29, 1.82) is 0 Å². The third-order valence-corrected chi connectivity index (χ3v) is 5.35. The largest absolute Gasteiger partial charge is 0.345 e. The molecule has 0 saturated carbocycles. The third kappa shape index (κ3) is 2.47. The lowest BCUT2D eigenvalue weighted by Crippen LogP contribution is -2.65. The molecule has 8 heteroatoms. The molecule has 1 heterocycles. The molecule has 120 valence electrons. The van der Waals surface area contributed by atoms with Gasteiger partial charge >= 0.3 is 12.1 Å². The Bertz CT molecular complexity index is 650. The topological polar surface area (TPSA) is 60.9 Å². The van der Waals surface area contributed by atoms with E-state index in [4.69, 9.17) is 0 Å². The summed E-state index contributed by atoms with van der Waals surface area (Å²) in [7, 11) is 1.29. The molecule has 1 fully saturated rings. The van der Waals surface area contributed by atoms with Gasteiger partial charge in [0.2, 0.25) is 11.2 Å². The molecule has 6 nitrogen and oxygen atoms in total. The maximum atomic E-state index is 14.0. The van der Waals surface area contributed by atoms with Crippen LogP contribution in [0.5, 0.6) is 0 Å². The first-order valence-corrected chi connectivity index (χ1v) is 7.87. The Morgan fingerprint density at radius 1 is 1.18 bits per heavy atom. The first-order valence-electron chi connectivity index (χ1n) is 6.81. The number of carbonyl (C=O) groups excluding carboxylic acids is 2. The number of hydrogen-bond donors (Lipinski definition) is 0. The number of anilines is 1. The van der Waals surface area contributed by atoms with E-state index in [1.165, 1.54) is 31.3 Å². The molecule has 22 heavy (non-hydrogen) atoms. The molecule has 0 aromatic heterocycles. The van der Waals surface area contributed by atoms with E-state index >= 15 is 0 Å². The lowest BCUT2D eigenvalue weighted by atomic mass is 10.0. The quantitative estimate of drug-likeness (QED) is 0.857. The Hall–Kier alpha value is -1.96. The zero-order valence-corrected chi connectivity index (χ0v) is 13.7. The smallest absolute Gasteiger partial charge is 0.247 e. The molecule has 0 N–H and O–H groups in total. The summed E-state index contributed by atoms with van der Waals surface area (Å²) in [6.07, 6.45) is 0.525. The molecule has 1 saturated heterocycles. The molecule has 1 unspecified atom stereocenters.